The van der Waals surface area contributed by atoms with Gasteiger partial charge in [-0.1, -0.05) is 18.2 Å². The van der Waals surface area contributed by atoms with Gasteiger partial charge in [-0.05, 0) is 36.4 Å². The van der Waals surface area contributed by atoms with Crippen LogP contribution in [0.2, 0.25) is 0 Å². The van der Waals surface area contributed by atoms with Gasteiger partial charge in [0.2, 0.25) is 20.0 Å². The van der Waals surface area contributed by atoms with Crippen molar-refractivity contribution in [3.63, 3.8) is 0 Å². The summed E-state index contributed by atoms with van der Waals surface area (Å²) >= 11 is 0. The van der Waals surface area contributed by atoms with Crippen LogP contribution in [0.3, 0.4) is 0 Å². The number of nitrogens with zero attached hydrogens (tertiary/aromatic N) is 2. The molecule has 0 amide bonds. The average Bonchev–Trinajstić information content (AvgIpc) is 2.73. The van der Waals surface area contributed by atoms with E-state index >= 15 is 0 Å². The lowest BCUT2D eigenvalue weighted by Gasteiger charge is -2.44. The number of fused-ring (bicyclic) bond motifs is 2. The second kappa shape index (κ2) is 7.69. The van der Waals surface area contributed by atoms with Crippen LogP contribution in [0.4, 0.5) is 0 Å². The fourth-order valence-corrected chi connectivity index (χ4v) is 6.68. The Morgan fingerprint density at radius 2 is 1.21 bits per heavy atom. The number of ether oxygens (including phenoxy) is 2. The van der Waals surface area contributed by atoms with E-state index in [1.54, 1.807) is 42.5 Å². The summed E-state index contributed by atoms with van der Waals surface area (Å²) in [4.78, 5) is 0.398. The van der Waals surface area contributed by atoms with Crippen molar-refractivity contribution in [1.82, 2.24) is 8.61 Å². The van der Waals surface area contributed by atoms with Gasteiger partial charge in [-0.2, -0.15) is 8.61 Å². The molecule has 4 rings (SSSR count). The van der Waals surface area contributed by atoms with Crippen LogP contribution in [0.1, 0.15) is 0 Å². The summed E-state index contributed by atoms with van der Waals surface area (Å²) in [6.07, 6.45) is -1.04. The Hall–Kier alpha value is -1.98. The van der Waals surface area contributed by atoms with Crippen LogP contribution in [0.25, 0.3) is 0 Å². The number of methoxy groups -OCH3 is 1. The lowest BCUT2D eigenvalue weighted by atomic mass is 10.2. The Morgan fingerprint density at radius 1 is 0.759 bits per heavy atom. The minimum Gasteiger partial charge on any atom is -0.497 e. The van der Waals surface area contributed by atoms with Crippen molar-refractivity contribution in [2.75, 3.05) is 33.3 Å². The molecule has 29 heavy (non-hydrogen) atoms. The molecule has 0 aliphatic carbocycles. The second-order valence-electron chi connectivity index (χ2n) is 7.01. The topological polar surface area (TPSA) is 93.2 Å². The molecule has 2 aromatic carbocycles. The van der Waals surface area contributed by atoms with E-state index < -0.39 is 32.3 Å². The summed E-state index contributed by atoms with van der Waals surface area (Å²) < 4.78 is 65.5. The highest BCUT2D eigenvalue weighted by atomic mass is 32.2. The van der Waals surface area contributed by atoms with Crippen LogP contribution in [-0.2, 0) is 24.8 Å². The van der Waals surface area contributed by atoms with Gasteiger partial charge in [0, 0.05) is 26.2 Å². The molecule has 2 heterocycles. The molecule has 8 nitrogen and oxygen atoms in total. The fraction of sp³-hybridized carbons (Fsp3) is 0.368. The second-order valence-corrected chi connectivity index (χ2v) is 10.9. The monoisotopic (exact) mass is 438 g/mol. The zero-order valence-electron chi connectivity index (χ0n) is 15.8. The maximum absolute atomic E-state index is 13.0. The molecule has 10 heteroatoms. The molecule has 0 saturated carbocycles. The summed E-state index contributed by atoms with van der Waals surface area (Å²) in [5.41, 5.74) is 0. The van der Waals surface area contributed by atoms with Gasteiger partial charge in [-0.25, -0.2) is 16.8 Å². The lowest BCUT2D eigenvalue weighted by Crippen LogP contribution is -2.61. The van der Waals surface area contributed by atoms with Gasteiger partial charge < -0.3 is 9.47 Å². The Balaban J connectivity index is 1.52. The Kier molecular flexibility index (Phi) is 5.38. The third-order valence-corrected chi connectivity index (χ3v) is 8.78. The van der Waals surface area contributed by atoms with Crippen molar-refractivity contribution in [2.45, 2.75) is 22.0 Å². The molecule has 2 aliphatic rings. The molecule has 0 aromatic heterocycles. The third kappa shape index (κ3) is 3.90. The Morgan fingerprint density at radius 3 is 1.66 bits per heavy atom. The molecule has 2 aromatic rings. The van der Waals surface area contributed by atoms with E-state index in [-0.39, 0.29) is 36.0 Å². The number of morpholine rings is 2. The summed E-state index contributed by atoms with van der Waals surface area (Å²) in [7, 11) is -5.83. The van der Waals surface area contributed by atoms with Crippen LogP contribution in [0.15, 0.2) is 64.4 Å². The zero-order valence-corrected chi connectivity index (χ0v) is 17.5. The Bertz CT molecular complexity index is 1060. The first-order valence-corrected chi connectivity index (χ1v) is 12.0. The van der Waals surface area contributed by atoms with Crippen molar-refractivity contribution < 1.29 is 26.3 Å². The molecular weight excluding hydrogens is 416 g/mol. The first-order valence-electron chi connectivity index (χ1n) is 9.15. The Labute approximate surface area is 170 Å². The number of hydrogen-bond acceptors (Lipinski definition) is 6. The van der Waals surface area contributed by atoms with E-state index in [1.807, 2.05) is 0 Å². The zero-order chi connectivity index (χ0) is 20.6. The van der Waals surface area contributed by atoms with E-state index in [0.717, 1.165) is 0 Å². The van der Waals surface area contributed by atoms with Crippen molar-refractivity contribution in [2.24, 2.45) is 0 Å². The van der Waals surface area contributed by atoms with Gasteiger partial charge >= 0.3 is 0 Å². The predicted octanol–water partition coefficient (Wildman–Crippen LogP) is 1.16. The molecule has 2 aliphatic heterocycles. The lowest BCUT2D eigenvalue weighted by molar-refractivity contribution is -0.104. The van der Waals surface area contributed by atoms with E-state index in [4.69, 9.17) is 9.47 Å². The van der Waals surface area contributed by atoms with Gasteiger partial charge in [-0.15, -0.1) is 0 Å². The highest BCUT2D eigenvalue weighted by molar-refractivity contribution is 7.89. The molecule has 2 fully saturated rings. The van der Waals surface area contributed by atoms with Crippen LogP contribution >= 0.6 is 0 Å². The maximum atomic E-state index is 13.0. The van der Waals surface area contributed by atoms with Crippen molar-refractivity contribution >= 4 is 20.0 Å². The molecule has 2 atom stereocenters. The highest BCUT2D eigenvalue weighted by Gasteiger charge is 2.43. The van der Waals surface area contributed by atoms with Gasteiger partial charge in [-0.3, -0.25) is 0 Å². The first-order chi connectivity index (χ1) is 13.8. The summed E-state index contributed by atoms with van der Waals surface area (Å²) in [5.74, 6) is 0.574. The van der Waals surface area contributed by atoms with Gasteiger partial charge in [0.05, 0.1) is 29.1 Å². The van der Waals surface area contributed by atoms with Gasteiger partial charge in [0.25, 0.3) is 0 Å². The van der Waals surface area contributed by atoms with Crippen LogP contribution in [0, 0.1) is 0 Å². The number of benzene rings is 2. The summed E-state index contributed by atoms with van der Waals surface area (Å²) in [6.45, 7) is 0.433. The molecule has 2 bridgehead atoms. The predicted molar refractivity (Wildman–Crippen MR) is 106 cm³/mol. The van der Waals surface area contributed by atoms with Gasteiger partial charge in [0.1, 0.15) is 5.75 Å². The van der Waals surface area contributed by atoms with E-state index in [9.17, 15) is 16.8 Å². The number of rotatable bonds is 5. The minimum absolute atomic E-state index is 0.103. The smallest absolute Gasteiger partial charge is 0.243 e. The molecule has 156 valence electrons. The average molecular weight is 439 g/mol. The molecular formula is C19H22N2O6S2. The van der Waals surface area contributed by atoms with Crippen LogP contribution < -0.4 is 4.74 Å². The van der Waals surface area contributed by atoms with Crippen LogP contribution in [-0.4, -0.2) is 70.9 Å². The van der Waals surface area contributed by atoms with Gasteiger partial charge in [0.15, 0.2) is 0 Å². The quantitative estimate of drug-likeness (QED) is 0.696. The van der Waals surface area contributed by atoms with E-state index in [2.05, 4.69) is 0 Å². The highest BCUT2D eigenvalue weighted by Crippen LogP contribution is 2.28. The SMILES string of the molecule is COc1ccc(S(=O)(=O)N2CC3CN(S(=O)(=O)c4ccccc4)CC(C2)O3)cc1. The molecule has 0 N–H and O–H groups in total. The molecule has 0 radical (unpaired) electrons. The largest absolute Gasteiger partial charge is 0.497 e. The minimum atomic E-state index is -3.70. The van der Waals surface area contributed by atoms with Crippen molar-refractivity contribution in [1.29, 1.82) is 0 Å². The van der Waals surface area contributed by atoms with Crippen LogP contribution in [0.5, 0.6) is 5.75 Å². The summed E-state index contributed by atoms with van der Waals surface area (Å²) in [6, 6.07) is 14.4. The maximum Gasteiger partial charge on any atom is 0.243 e. The normalized spacial score (nSPS) is 23.6. The van der Waals surface area contributed by atoms with Crippen molar-refractivity contribution in [3.05, 3.63) is 54.6 Å². The number of hydrogen-bond donors (Lipinski definition) is 0. The van der Waals surface area contributed by atoms with E-state index in [1.165, 1.54) is 27.9 Å². The van der Waals surface area contributed by atoms with Crippen molar-refractivity contribution in [3.8, 4) is 5.75 Å². The number of sulfonamides is 2. The molecule has 2 unspecified atom stereocenters. The molecule has 0 spiro atoms. The molecule has 2 saturated heterocycles. The fourth-order valence-electron chi connectivity index (χ4n) is 3.65. The standard InChI is InChI=1S/C19H22N2O6S2/c1-26-15-7-9-19(10-8-15)29(24,25)21-13-16-11-20(12-17(14-21)27-16)28(22,23)18-5-3-2-4-6-18/h2-10,16-17H,11-14H2,1H3. The third-order valence-electron chi connectivity index (χ3n) is 5.09. The van der Waals surface area contributed by atoms with E-state index in [0.29, 0.717) is 5.75 Å². The first kappa shape index (κ1) is 20.3. The summed E-state index contributed by atoms with van der Waals surface area (Å²) in [5, 5.41) is 0.